The van der Waals surface area contributed by atoms with Crippen molar-refractivity contribution >= 4 is 21.4 Å². The molecule has 0 saturated heterocycles. The molecule has 11 heteroatoms. The summed E-state index contributed by atoms with van der Waals surface area (Å²) < 4.78 is 26.7. The molecule has 0 saturated carbocycles. The van der Waals surface area contributed by atoms with Gasteiger partial charge in [0.25, 0.3) is 5.69 Å². The van der Waals surface area contributed by atoms with Crippen LogP contribution in [0.15, 0.2) is 35.5 Å². The SMILES string of the molecule is NNc1cc([N+](=O)[O-])ccc1S(=O)(=O)NCc1cn[nH]c1. The van der Waals surface area contributed by atoms with E-state index in [0.717, 1.165) is 18.2 Å². The van der Waals surface area contributed by atoms with Crippen molar-refractivity contribution in [3.05, 3.63) is 46.3 Å². The molecular weight excluding hydrogens is 300 g/mol. The van der Waals surface area contributed by atoms with Crippen molar-refractivity contribution in [2.45, 2.75) is 11.4 Å². The van der Waals surface area contributed by atoms with Crippen LogP contribution in [0.5, 0.6) is 0 Å². The third-order valence-electron chi connectivity index (χ3n) is 2.64. The summed E-state index contributed by atoms with van der Waals surface area (Å²) in [5.41, 5.74) is 2.46. The van der Waals surface area contributed by atoms with Crippen LogP contribution in [-0.4, -0.2) is 23.5 Å². The van der Waals surface area contributed by atoms with Crippen LogP contribution >= 0.6 is 0 Å². The summed E-state index contributed by atoms with van der Waals surface area (Å²) in [5.74, 6) is 5.23. The van der Waals surface area contributed by atoms with E-state index in [2.05, 4.69) is 20.3 Å². The van der Waals surface area contributed by atoms with Crippen LogP contribution in [0.4, 0.5) is 11.4 Å². The average molecular weight is 312 g/mol. The lowest BCUT2D eigenvalue weighted by Gasteiger charge is -2.10. The topological polar surface area (TPSA) is 156 Å². The second-order valence-corrected chi connectivity index (χ2v) is 5.75. The highest BCUT2D eigenvalue weighted by molar-refractivity contribution is 7.89. The number of aromatic amines is 1. The van der Waals surface area contributed by atoms with Gasteiger partial charge in [-0.25, -0.2) is 13.1 Å². The van der Waals surface area contributed by atoms with Crippen LogP contribution in [0.25, 0.3) is 0 Å². The second-order valence-electron chi connectivity index (χ2n) is 4.01. The lowest BCUT2D eigenvalue weighted by atomic mass is 10.3. The summed E-state index contributed by atoms with van der Waals surface area (Å²) >= 11 is 0. The number of nitrogens with two attached hydrogens (primary N) is 1. The maximum Gasteiger partial charge on any atom is 0.271 e. The molecular formula is C10H12N6O4S. The standard InChI is InChI=1S/C10H12N6O4S/c11-15-9-3-8(16(17)18)1-2-10(9)21(19,20)14-6-7-4-12-13-5-7/h1-5,14-15H,6,11H2,(H,12,13). The Morgan fingerprint density at radius 2 is 2.19 bits per heavy atom. The normalized spacial score (nSPS) is 11.3. The van der Waals surface area contributed by atoms with Gasteiger partial charge in [-0.2, -0.15) is 5.10 Å². The minimum Gasteiger partial charge on any atom is -0.323 e. The van der Waals surface area contributed by atoms with Gasteiger partial charge in [0, 0.05) is 30.4 Å². The number of anilines is 1. The smallest absolute Gasteiger partial charge is 0.271 e. The van der Waals surface area contributed by atoms with Gasteiger partial charge >= 0.3 is 0 Å². The van der Waals surface area contributed by atoms with Crippen LogP contribution in [0.1, 0.15) is 5.56 Å². The van der Waals surface area contributed by atoms with Crippen molar-refractivity contribution in [3.63, 3.8) is 0 Å². The van der Waals surface area contributed by atoms with Crippen molar-refractivity contribution in [1.29, 1.82) is 0 Å². The molecule has 1 heterocycles. The van der Waals surface area contributed by atoms with Crippen molar-refractivity contribution in [1.82, 2.24) is 14.9 Å². The first-order valence-corrected chi connectivity index (χ1v) is 7.15. The van der Waals surface area contributed by atoms with E-state index in [9.17, 15) is 18.5 Å². The molecule has 0 aliphatic carbocycles. The van der Waals surface area contributed by atoms with E-state index in [0.29, 0.717) is 5.56 Å². The molecule has 1 aromatic carbocycles. The molecule has 21 heavy (non-hydrogen) atoms. The third kappa shape index (κ3) is 3.34. The number of aromatic nitrogens is 2. The zero-order valence-corrected chi connectivity index (χ0v) is 11.4. The number of non-ortho nitro benzene ring substituents is 1. The minimum absolute atomic E-state index is 0.0276. The maximum absolute atomic E-state index is 12.2. The fourth-order valence-electron chi connectivity index (χ4n) is 1.61. The van der Waals surface area contributed by atoms with E-state index in [1.165, 1.54) is 6.20 Å². The lowest BCUT2D eigenvalue weighted by molar-refractivity contribution is -0.384. The molecule has 0 amide bonds. The van der Waals surface area contributed by atoms with E-state index >= 15 is 0 Å². The number of rotatable bonds is 6. The Morgan fingerprint density at radius 3 is 2.76 bits per heavy atom. The molecule has 1 aromatic heterocycles. The van der Waals surface area contributed by atoms with Crippen molar-refractivity contribution in [2.24, 2.45) is 5.84 Å². The van der Waals surface area contributed by atoms with Gasteiger partial charge in [0.15, 0.2) is 0 Å². The number of nitrogens with zero attached hydrogens (tertiary/aromatic N) is 2. The first-order chi connectivity index (χ1) is 9.94. The molecule has 0 unspecified atom stereocenters. The Balaban J connectivity index is 2.28. The minimum atomic E-state index is -3.88. The molecule has 0 bridgehead atoms. The van der Waals surface area contributed by atoms with Crippen molar-refractivity contribution in [3.8, 4) is 0 Å². The Hall–Kier alpha value is -2.50. The number of nitrogens with one attached hydrogen (secondary N) is 3. The molecule has 0 fully saturated rings. The first kappa shape index (κ1) is 14.9. The van der Waals surface area contributed by atoms with Gasteiger partial charge in [-0.15, -0.1) is 0 Å². The van der Waals surface area contributed by atoms with Crippen molar-refractivity contribution < 1.29 is 13.3 Å². The molecule has 5 N–H and O–H groups in total. The van der Waals surface area contributed by atoms with E-state index < -0.39 is 14.9 Å². The summed E-state index contributed by atoms with van der Waals surface area (Å²) in [5, 5.41) is 16.9. The molecule has 0 aliphatic heterocycles. The van der Waals surface area contributed by atoms with Crippen LogP contribution in [0.3, 0.4) is 0 Å². The van der Waals surface area contributed by atoms with Crippen LogP contribution in [0.2, 0.25) is 0 Å². The fraction of sp³-hybridized carbons (Fsp3) is 0.100. The van der Waals surface area contributed by atoms with Gasteiger partial charge in [-0.05, 0) is 6.07 Å². The summed E-state index contributed by atoms with van der Waals surface area (Å²) in [6.07, 6.45) is 3.01. The second kappa shape index (κ2) is 5.87. The highest BCUT2D eigenvalue weighted by Crippen LogP contribution is 2.25. The van der Waals surface area contributed by atoms with E-state index in [4.69, 9.17) is 5.84 Å². The van der Waals surface area contributed by atoms with Gasteiger partial charge < -0.3 is 5.43 Å². The zero-order chi connectivity index (χ0) is 15.5. The van der Waals surface area contributed by atoms with Gasteiger partial charge in [0.2, 0.25) is 10.0 Å². The third-order valence-corrected chi connectivity index (χ3v) is 4.10. The zero-order valence-electron chi connectivity index (χ0n) is 10.6. The maximum atomic E-state index is 12.2. The molecule has 10 nitrogen and oxygen atoms in total. The number of hydrogen-bond donors (Lipinski definition) is 4. The number of nitro benzene ring substituents is 1. The van der Waals surface area contributed by atoms with Gasteiger partial charge in [-0.3, -0.25) is 21.1 Å². The van der Waals surface area contributed by atoms with Gasteiger partial charge in [0.05, 0.1) is 16.8 Å². The molecule has 0 radical (unpaired) electrons. The fourth-order valence-corrected chi connectivity index (χ4v) is 2.78. The number of H-pyrrole nitrogens is 1. The van der Waals surface area contributed by atoms with Gasteiger partial charge in [0.1, 0.15) is 4.90 Å². The Bertz CT molecular complexity index is 743. The molecule has 112 valence electrons. The van der Waals surface area contributed by atoms with Crippen molar-refractivity contribution in [2.75, 3.05) is 5.43 Å². The lowest BCUT2D eigenvalue weighted by Crippen LogP contribution is -2.25. The highest BCUT2D eigenvalue weighted by atomic mass is 32.2. The Kier molecular flexibility index (Phi) is 4.16. The number of nitro groups is 1. The Labute approximate surface area is 119 Å². The highest BCUT2D eigenvalue weighted by Gasteiger charge is 2.21. The number of nitrogen functional groups attached to an aromatic ring is 1. The predicted octanol–water partition coefficient (Wildman–Crippen LogP) is 0.0820. The van der Waals surface area contributed by atoms with Crippen LogP contribution < -0.4 is 16.0 Å². The van der Waals surface area contributed by atoms with E-state index in [-0.39, 0.29) is 22.8 Å². The summed E-state index contributed by atoms with van der Waals surface area (Å²) in [6, 6.07) is 3.25. The first-order valence-electron chi connectivity index (χ1n) is 5.66. The van der Waals surface area contributed by atoms with Gasteiger partial charge in [-0.1, -0.05) is 0 Å². The summed E-state index contributed by atoms with van der Waals surface area (Å²) in [4.78, 5) is 9.85. The molecule has 0 spiro atoms. The number of hydrazine groups is 1. The Morgan fingerprint density at radius 1 is 1.43 bits per heavy atom. The number of benzene rings is 1. The number of hydrogen-bond acceptors (Lipinski definition) is 7. The van der Waals surface area contributed by atoms with E-state index in [1.54, 1.807) is 6.20 Å². The summed E-state index contributed by atoms with van der Waals surface area (Å²) in [6.45, 7) is 0.0276. The quantitative estimate of drug-likeness (QED) is 0.334. The summed E-state index contributed by atoms with van der Waals surface area (Å²) in [7, 11) is -3.88. The van der Waals surface area contributed by atoms with Crippen LogP contribution in [0, 0.1) is 10.1 Å². The van der Waals surface area contributed by atoms with Crippen LogP contribution in [-0.2, 0) is 16.6 Å². The molecule has 0 atom stereocenters. The largest absolute Gasteiger partial charge is 0.323 e. The molecule has 0 aliphatic rings. The predicted molar refractivity (Wildman–Crippen MR) is 73.5 cm³/mol. The monoisotopic (exact) mass is 312 g/mol. The number of sulfonamides is 1. The van der Waals surface area contributed by atoms with E-state index in [1.807, 2.05) is 0 Å². The average Bonchev–Trinajstić information content (AvgIpc) is 2.97. The molecule has 2 aromatic rings. The molecule has 2 rings (SSSR count).